The Balaban J connectivity index is 1.15. The van der Waals surface area contributed by atoms with Crippen molar-refractivity contribution in [2.24, 2.45) is 9.98 Å². The third-order valence-electron chi connectivity index (χ3n) is 7.95. The van der Waals surface area contributed by atoms with Gasteiger partial charge >= 0.3 is 0 Å². The Bertz CT molecular complexity index is 2000. The standard InChI is InChI=1S/C38H28N4O/c1-4-11-26(12-5-1)35-40-36(27-13-6-2-7-14-27)42-37(41-35)31-18-10-17-29(23-31)30-20-19-25-21-22-33-34(32(25)24-30)43-38(39-33)28-15-8-3-9-16-28/h1-24,35,38-39H,(H,40,41,42). The summed E-state index contributed by atoms with van der Waals surface area (Å²) in [7, 11) is 0. The number of hydrogen-bond acceptors (Lipinski definition) is 5. The van der Waals surface area contributed by atoms with E-state index in [9.17, 15) is 0 Å². The first-order valence-corrected chi connectivity index (χ1v) is 14.5. The lowest BCUT2D eigenvalue weighted by Crippen LogP contribution is -2.36. The van der Waals surface area contributed by atoms with Crippen molar-refractivity contribution in [3.8, 4) is 16.9 Å². The molecule has 206 valence electrons. The zero-order valence-corrected chi connectivity index (χ0v) is 23.3. The van der Waals surface area contributed by atoms with E-state index in [1.54, 1.807) is 0 Å². The first-order chi connectivity index (χ1) is 21.3. The molecule has 6 aromatic carbocycles. The Hall–Kier alpha value is -5.68. The van der Waals surface area contributed by atoms with E-state index in [2.05, 4.69) is 102 Å². The molecule has 0 aromatic heterocycles. The summed E-state index contributed by atoms with van der Waals surface area (Å²) in [5.41, 5.74) is 7.41. The fraction of sp³-hybridized carbons (Fsp3) is 0.0526. The topological polar surface area (TPSA) is 58.0 Å². The lowest BCUT2D eigenvalue weighted by molar-refractivity contribution is 0.262. The van der Waals surface area contributed by atoms with Gasteiger partial charge in [-0.2, -0.15) is 0 Å². The smallest absolute Gasteiger partial charge is 0.196 e. The van der Waals surface area contributed by atoms with Gasteiger partial charge in [0.2, 0.25) is 0 Å². The van der Waals surface area contributed by atoms with Crippen LogP contribution >= 0.6 is 0 Å². The van der Waals surface area contributed by atoms with Gasteiger partial charge in [-0.1, -0.05) is 127 Å². The number of ether oxygens (including phenoxy) is 1. The number of fused-ring (bicyclic) bond motifs is 3. The summed E-state index contributed by atoms with van der Waals surface area (Å²) in [6.07, 6.45) is -0.538. The third-order valence-corrected chi connectivity index (χ3v) is 7.95. The van der Waals surface area contributed by atoms with E-state index in [0.717, 1.165) is 67.3 Å². The molecule has 2 aliphatic heterocycles. The molecule has 2 aliphatic rings. The second-order valence-corrected chi connectivity index (χ2v) is 10.7. The normalized spacial score (nSPS) is 17.2. The minimum atomic E-state index is -0.332. The highest BCUT2D eigenvalue weighted by Crippen LogP contribution is 2.44. The molecule has 0 saturated heterocycles. The summed E-state index contributed by atoms with van der Waals surface area (Å²) in [5, 5.41) is 9.28. The quantitative estimate of drug-likeness (QED) is 0.224. The third kappa shape index (κ3) is 4.81. The first-order valence-electron chi connectivity index (χ1n) is 14.5. The average molecular weight is 557 g/mol. The monoisotopic (exact) mass is 556 g/mol. The summed E-state index contributed by atoms with van der Waals surface area (Å²) in [4.78, 5) is 10.0. The molecule has 8 rings (SSSR count). The summed E-state index contributed by atoms with van der Waals surface area (Å²) >= 11 is 0. The van der Waals surface area contributed by atoms with Gasteiger partial charge in [0.05, 0.1) is 5.69 Å². The van der Waals surface area contributed by atoms with Crippen LogP contribution in [0.4, 0.5) is 5.69 Å². The summed E-state index contributed by atoms with van der Waals surface area (Å²) in [5.74, 6) is 2.49. The number of aliphatic imine (C=N–C) groups is 2. The minimum absolute atomic E-state index is 0.206. The summed E-state index contributed by atoms with van der Waals surface area (Å²) < 4.78 is 6.47. The number of anilines is 1. The lowest BCUT2D eigenvalue weighted by Gasteiger charge is -2.22. The van der Waals surface area contributed by atoms with Crippen LogP contribution < -0.4 is 15.4 Å². The molecule has 6 aromatic rings. The van der Waals surface area contributed by atoms with Crippen LogP contribution in [-0.4, -0.2) is 11.7 Å². The van der Waals surface area contributed by atoms with Crippen molar-refractivity contribution in [1.29, 1.82) is 0 Å². The van der Waals surface area contributed by atoms with Gasteiger partial charge in [-0.05, 0) is 40.3 Å². The molecule has 0 aliphatic carbocycles. The molecule has 2 heterocycles. The predicted octanol–water partition coefficient (Wildman–Crippen LogP) is 8.51. The van der Waals surface area contributed by atoms with Crippen LogP contribution in [0.2, 0.25) is 0 Å². The van der Waals surface area contributed by atoms with Crippen molar-refractivity contribution < 1.29 is 4.74 Å². The van der Waals surface area contributed by atoms with Gasteiger partial charge in [-0.25, -0.2) is 9.98 Å². The zero-order valence-electron chi connectivity index (χ0n) is 23.3. The zero-order chi connectivity index (χ0) is 28.6. The van der Waals surface area contributed by atoms with Crippen LogP contribution in [0.15, 0.2) is 156 Å². The molecule has 5 nitrogen and oxygen atoms in total. The molecule has 0 radical (unpaired) electrons. The van der Waals surface area contributed by atoms with Crippen molar-refractivity contribution in [3.05, 3.63) is 168 Å². The van der Waals surface area contributed by atoms with E-state index < -0.39 is 0 Å². The van der Waals surface area contributed by atoms with Gasteiger partial charge in [0.1, 0.15) is 11.7 Å². The molecule has 0 fully saturated rings. The number of benzene rings is 6. The fourth-order valence-corrected chi connectivity index (χ4v) is 5.74. The maximum Gasteiger partial charge on any atom is 0.196 e. The van der Waals surface area contributed by atoms with E-state index in [4.69, 9.17) is 14.7 Å². The fourth-order valence-electron chi connectivity index (χ4n) is 5.74. The van der Waals surface area contributed by atoms with Crippen molar-refractivity contribution in [2.45, 2.75) is 12.4 Å². The largest absolute Gasteiger partial charge is 0.464 e. The van der Waals surface area contributed by atoms with E-state index in [0.29, 0.717) is 0 Å². The van der Waals surface area contributed by atoms with Gasteiger partial charge in [-0.15, -0.1) is 0 Å². The molecule has 2 atom stereocenters. The van der Waals surface area contributed by atoms with Gasteiger partial charge < -0.3 is 15.4 Å². The van der Waals surface area contributed by atoms with Crippen LogP contribution in [0.3, 0.4) is 0 Å². The Kier molecular flexibility index (Phi) is 6.19. The van der Waals surface area contributed by atoms with Gasteiger partial charge in [-0.3, -0.25) is 0 Å². The van der Waals surface area contributed by atoms with Crippen molar-refractivity contribution in [1.82, 2.24) is 5.32 Å². The van der Waals surface area contributed by atoms with E-state index >= 15 is 0 Å². The molecule has 5 heteroatoms. The molecule has 2 N–H and O–H groups in total. The lowest BCUT2D eigenvalue weighted by atomic mass is 9.98. The molecule has 0 bridgehead atoms. The van der Waals surface area contributed by atoms with E-state index in [1.165, 1.54) is 0 Å². The van der Waals surface area contributed by atoms with Gasteiger partial charge in [0, 0.05) is 22.1 Å². The van der Waals surface area contributed by atoms with Crippen molar-refractivity contribution >= 4 is 28.1 Å². The summed E-state index contributed by atoms with van der Waals surface area (Å²) in [6, 6.07) is 50.0. The highest BCUT2D eigenvalue weighted by Gasteiger charge is 2.25. The van der Waals surface area contributed by atoms with Crippen molar-refractivity contribution in [2.75, 3.05) is 5.32 Å². The molecule has 0 amide bonds. The maximum absolute atomic E-state index is 6.47. The van der Waals surface area contributed by atoms with Crippen molar-refractivity contribution in [3.63, 3.8) is 0 Å². The first kappa shape index (κ1) is 25.1. The highest BCUT2D eigenvalue weighted by molar-refractivity contribution is 6.16. The van der Waals surface area contributed by atoms with Gasteiger partial charge in [0.15, 0.2) is 18.1 Å². The Morgan fingerprint density at radius 1 is 0.512 bits per heavy atom. The highest BCUT2D eigenvalue weighted by atomic mass is 16.5. The summed E-state index contributed by atoms with van der Waals surface area (Å²) in [6.45, 7) is 0. The molecular weight excluding hydrogens is 528 g/mol. The van der Waals surface area contributed by atoms with Crippen LogP contribution in [0.25, 0.3) is 21.9 Å². The maximum atomic E-state index is 6.47. The van der Waals surface area contributed by atoms with Crippen LogP contribution in [-0.2, 0) is 0 Å². The SMILES string of the molecule is c1ccc(C2=NC(c3ccccc3)N=C(c3cccc(-c4ccc5ccc6c(c5c4)OC(c4ccccc4)N6)c3)N2)cc1. The number of nitrogens with one attached hydrogen (secondary N) is 2. The molecule has 0 saturated carbocycles. The number of hydrogen-bond donors (Lipinski definition) is 2. The second kappa shape index (κ2) is 10.6. The molecule has 0 spiro atoms. The van der Waals surface area contributed by atoms with E-state index in [-0.39, 0.29) is 12.4 Å². The van der Waals surface area contributed by atoms with Crippen LogP contribution in [0, 0.1) is 0 Å². The number of nitrogens with zero attached hydrogens (tertiary/aromatic N) is 2. The second-order valence-electron chi connectivity index (χ2n) is 10.7. The van der Waals surface area contributed by atoms with E-state index in [1.807, 2.05) is 54.6 Å². The Morgan fingerprint density at radius 2 is 1.12 bits per heavy atom. The number of amidine groups is 2. The number of rotatable bonds is 5. The predicted molar refractivity (Wildman–Crippen MR) is 175 cm³/mol. The molecule has 43 heavy (non-hydrogen) atoms. The Labute approximate surface area is 250 Å². The molecule has 2 unspecified atom stereocenters. The van der Waals surface area contributed by atoms with Crippen LogP contribution in [0.5, 0.6) is 5.75 Å². The minimum Gasteiger partial charge on any atom is -0.464 e. The Morgan fingerprint density at radius 3 is 1.88 bits per heavy atom. The average Bonchev–Trinajstić information content (AvgIpc) is 3.54. The molecular formula is C38H28N4O. The van der Waals surface area contributed by atoms with Crippen LogP contribution in [0.1, 0.15) is 34.6 Å². The van der Waals surface area contributed by atoms with Gasteiger partial charge in [0.25, 0.3) is 0 Å².